The fourth-order valence-electron chi connectivity index (χ4n) is 3.92. The Morgan fingerprint density at radius 1 is 1.04 bits per heavy atom. The number of hydrogen-bond donors (Lipinski definition) is 1. The fraction of sp³-hybridized carbons (Fsp3) is 0.391. The maximum atomic E-state index is 12.5. The van der Waals surface area contributed by atoms with Gasteiger partial charge >= 0.3 is 0 Å². The Hall–Kier alpha value is -2.66. The molecule has 5 heteroatoms. The number of anilines is 1. The lowest BCUT2D eigenvalue weighted by molar-refractivity contribution is -0.117. The molecule has 0 saturated heterocycles. The lowest BCUT2D eigenvalue weighted by atomic mass is 10.1. The van der Waals surface area contributed by atoms with Gasteiger partial charge in [0.1, 0.15) is 0 Å². The van der Waals surface area contributed by atoms with Gasteiger partial charge in [-0.3, -0.25) is 14.5 Å². The molecule has 2 aromatic rings. The number of rotatable bonds is 7. The molecule has 0 bridgehead atoms. The zero-order valence-corrected chi connectivity index (χ0v) is 16.9. The van der Waals surface area contributed by atoms with Crippen LogP contribution in [-0.2, 0) is 11.2 Å². The maximum Gasteiger partial charge on any atom is 0.253 e. The predicted octanol–water partition coefficient (Wildman–Crippen LogP) is 3.73. The van der Waals surface area contributed by atoms with E-state index in [0.717, 1.165) is 12.8 Å². The van der Waals surface area contributed by atoms with Crippen LogP contribution in [0.1, 0.15) is 47.8 Å². The summed E-state index contributed by atoms with van der Waals surface area (Å²) in [5, 5.41) is 2.94. The zero-order valence-electron chi connectivity index (χ0n) is 16.9. The van der Waals surface area contributed by atoms with Crippen molar-refractivity contribution in [1.82, 2.24) is 9.80 Å². The summed E-state index contributed by atoms with van der Waals surface area (Å²) in [5.41, 5.74) is 4.06. The van der Waals surface area contributed by atoms with E-state index in [9.17, 15) is 9.59 Å². The van der Waals surface area contributed by atoms with Crippen LogP contribution in [0.5, 0.6) is 0 Å². The van der Waals surface area contributed by atoms with E-state index in [0.29, 0.717) is 30.9 Å². The molecule has 0 heterocycles. The molecule has 0 fully saturated rings. The quantitative estimate of drug-likeness (QED) is 0.798. The van der Waals surface area contributed by atoms with Crippen molar-refractivity contribution in [3.63, 3.8) is 0 Å². The SMILES string of the molecule is CCN(CC)C(=O)c1ccc(NC(=O)CN(C)C2CCc3ccccc32)cc1. The maximum absolute atomic E-state index is 12.5. The highest BCUT2D eigenvalue weighted by Crippen LogP contribution is 2.34. The smallest absolute Gasteiger partial charge is 0.253 e. The van der Waals surface area contributed by atoms with Gasteiger partial charge in [-0.15, -0.1) is 0 Å². The van der Waals surface area contributed by atoms with Gasteiger partial charge < -0.3 is 10.2 Å². The van der Waals surface area contributed by atoms with Crippen LogP contribution in [0.3, 0.4) is 0 Å². The second-order valence-electron chi connectivity index (χ2n) is 7.27. The van der Waals surface area contributed by atoms with Crippen LogP contribution in [-0.4, -0.2) is 48.3 Å². The van der Waals surface area contributed by atoms with Crippen LogP contribution < -0.4 is 5.32 Å². The van der Waals surface area contributed by atoms with Crippen molar-refractivity contribution in [2.24, 2.45) is 0 Å². The highest BCUT2D eigenvalue weighted by molar-refractivity contribution is 5.96. The average Bonchev–Trinajstić information content (AvgIpc) is 3.13. The number of carbonyl (C=O) groups excluding carboxylic acids is 2. The monoisotopic (exact) mass is 379 g/mol. The van der Waals surface area contributed by atoms with Crippen LogP contribution in [0.4, 0.5) is 5.69 Å². The van der Waals surface area contributed by atoms with Crippen molar-refractivity contribution in [2.45, 2.75) is 32.7 Å². The van der Waals surface area contributed by atoms with E-state index < -0.39 is 0 Å². The molecule has 0 radical (unpaired) electrons. The molecule has 1 aliphatic rings. The number of aryl methyl sites for hydroxylation is 1. The summed E-state index contributed by atoms with van der Waals surface area (Å²) in [6, 6.07) is 15.9. The Balaban J connectivity index is 1.57. The normalized spacial score (nSPS) is 15.4. The first-order chi connectivity index (χ1) is 13.5. The van der Waals surface area contributed by atoms with Crippen LogP contribution in [0.15, 0.2) is 48.5 Å². The molecule has 28 heavy (non-hydrogen) atoms. The van der Waals surface area contributed by atoms with Crippen molar-refractivity contribution in [3.05, 3.63) is 65.2 Å². The number of likely N-dealkylation sites (N-methyl/N-ethyl adjacent to an activating group) is 1. The molecule has 3 rings (SSSR count). The van der Waals surface area contributed by atoms with Crippen LogP contribution in [0, 0.1) is 0 Å². The zero-order chi connectivity index (χ0) is 20.1. The van der Waals surface area contributed by atoms with Gasteiger partial charge in [0, 0.05) is 30.4 Å². The number of hydrogen-bond acceptors (Lipinski definition) is 3. The van der Waals surface area contributed by atoms with E-state index in [1.807, 2.05) is 20.9 Å². The van der Waals surface area contributed by atoms with Crippen molar-refractivity contribution in [3.8, 4) is 0 Å². The first kappa shape index (κ1) is 20.1. The topological polar surface area (TPSA) is 52.7 Å². The van der Waals surface area contributed by atoms with E-state index in [4.69, 9.17) is 0 Å². The average molecular weight is 380 g/mol. The summed E-state index contributed by atoms with van der Waals surface area (Å²) in [5.74, 6) is -0.0304. The minimum atomic E-state index is -0.0466. The number of fused-ring (bicyclic) bond motifs is 1. The summed E-state index contributed by atoms with van der Waals surface area (Å²) >= 11 is 0. The highest BCUT2D eigenvalue weighted by atomic mass is 16.2. The van der Waals surface area contributed by atoms with Crippen molar-refractivity contribution < 1.29 is 9.59 Å². The molecule has 0 saturated carbocycles. The highest BCUT2D eigenvalue weighted by Gasteiger charge is 2.26. The van der Waals surface area contributed by atoms with Crippen molar-refractivity contribution in [2.75, 3.05) is 32.0 Å². The number of nitrogens with zero attached hydrogens (tertiary/aromatic N) is 2. The summed E-state index contributed by atoms with van der Waals surface area (Å²) in [6.45, 7) is 5.64. The summed E-state index contributed by atoms with van der Waals surface area (Å²) in [4.78, 5) is 28.7. The first-order valence-corrected chi connectivity index (χ1v) is 10.0. The van der Waals surface area contributed by atoms with Gasteiger partial charge in [-0.25, -0.2) is 0 Å². The Kier molecular flexibility index (Phi) is 6.47. The second-order valence-corrected chi connectivity index (χ2v) is 7.27. The Morgan fingerprint density at radius 2 is 1.71 bits per heavy atom. The number of amides is 2. The Bertz CT molecular complexity index is 828. The van der Waals surface area contributed by atoms with Gasteiger partial charge in [0.15, 0.2) is 0 Å². The van der Waals surface area contributed by atoms with Gasteiger partial charge in [0.25, 0.3) is 5.91 Å². The third-order valence-corrected chi connectivity index (χ3v) is 5.49. The molecule has 0 aromatic heterocycles. The van der Waals surface area contributed by atoms with E-state index in [1.54, 1.807) is 29.2 Å². The van der Waals surface area contributed by atoms with Gasteiger partial charge in [-0.2, -0.15) is 0 Å². The molecule has 2 aromatic carbocycles. The van der Waals surface area contributed by atoms with Crippen molar-refractivity contribution in [1.29, 1.82) is 0 Å². The minimum Gasteiger partial charge on any atom is -0.339 e. The molecule has 5 nitrogen and oxygen atoms in total. The second kappa shape index (κ2) is 9.02. The summed E-state index contributed by atoms with van der Waals surface area (Å²) in [6.07, 6.45) is 2.11. The number of carbonyl (C=O) groups is 2. The third kappa shape index (κ3) is 4.42. The molecule has 1 atom stereocenters. The predicted molar refractivity (Wildman–Crippen MR) is 112 cm³/mol. The van der Waals surface area contributed by atoms with E-state index >= 15 is 0 Å². The molecule has 0 spiro atoms. The van der Waals surface area contributed by atoms with E-state index in [2.05, 4.69) is 34.5 Å². The lowest BCUT2D eigenvalue weighted by Crippen LogP contribution is -2.32. The standard InChI is InChI=1S/C23H29N3O2/c1-4-26(5-2)23(28)18-10-13-19(14-11-18)24-22(27)16-25(3)21-15-12-17-8-6-7-9-20(17)21/h6-11,13-14,21H,4-5,12,15-16H2,1-3H3,(H,24,27). The van der Waals surface area contributed by atoms with Crippen LogP contribution in [0.2, 0.25) is 0 Å². The Morgan fingerprint density at radius 3 is 2.39 bits per heavy atom. The third-order valence-electron chi connectivity index (χ3n) is 5.49. The minimum absolute atomic E-state index is 0.0162. The van der Waals surface area contributed by atoms with Crippen LogP contribution >= 0.6 is 0 Å². The van der Waals surface area contributed by atoms with Crippen molar-refractivity contribution >= 4 is 17.5 Å². The molecule has 2 amide bonds. The van der Waals surface area contributed by atoms with Gasteiger partial charge in [0.05, 0.1) is 6.54 Å². The van der Waals surface area contributed by atoms with E-state index in [1.165, 1.54) is 11.1 Å². The number of nitrogens with one attached hydrogen (secondary N) is 1. The molecular weight excluding hydrogens is 350 g/mol. The molecule has 148 valence electrons. The summed E-state index contributed by atoms with van der Waals surface area (Å²) in [7, 11) is 2.00. The first-order valence-electron chi connectivity index (χ1n) is 10.0. The van der Waals surface area contributed by atoms with Crippen LogP contribution in [0.25, 0.3) is 0 Å². The molecule has 1 unspecified atom stereocenters. The Labute approximate surface area is 167 Å². The van der Waals surface area contributed by atoms with E-state index in [-0.39, 0.29) is 17.9 Å². The fourth-order valence-corrected chi connectivity index (χ4v) is 3.92. The molecular formula is C23H29N3O2. The van der Waals surface area contributed by atoms with Gasteiger partial charge in [-0.05, 0) is 69.1 Å². The summed E-state index contributed by atoms with van der Waals surface area (Å²) < 4.78 is 0. The van der Waals surface area contributed by atoms with Gasteiger partial charge in [0.2, 0.25) is 5.91 Å². The molecule has 1 aliphatic carbocycles. The lowest BCUT2D eigenvalue weighted by Gasteiger charge is -2.24. The molecule has 1 N–H and O–H groups in total. The largest absolute Gasteiger partial charge is 0.339 e. The van der Waals surface area contributed by atoms with Gasteiger partial charge in [-0.1, -0.05) is 24.3 Å². The number of benzene rings is 2. The molecule has 0 aliphatic heterocycles.